The number of aliphatic carboxylic acids is 1. The summed E-state index contributed by atoms with van der Waals surface area (Å²) in [4.78, 5) is 16.2. The van der Waals surface area contributed by atoms with E-state index in [1.807, 2.05) is 56.3 Å². The van der Waals surface area contributed by atoms with E-state index in [2.05, 4.69) is 11.1 Å². The Bertz CT molecular complexity index is 1020. The molecule has 156 valence electrons. The topological polar surface area (TPSA) is 72.6 Å². The van der Waals surface area contributed by atoms with Gasteiger partial charge in [0.15, 0.2) is 0 Å². The van der Waals surface area contributed by atoms with E-state index in [1.165, 1.54) is 5.56 Å². The lowest BCUT2D eigenvalue weighted by Crippen LogP contribution is -2.19. The van der Waals surface area contributed by atoms with E-state index < -0.39 is 5.97 Å². The molecule has 30 heavy (non-hydrogen) atoms. The molecule has 1 aliphatic rings. The van der Waals surface area contributed by atoms with E-state index in [0.29, 0.717) is 25.3 Å². The van der Waals surface area contributed by atoms with Crippen LogP contribution in [0.2, 0.25) is 0 Å². The zero-order chi connectivity index (χ0) is 21.1. The van der Waals surface area contributed by atoms with Gasteiger partial charge in [-0.05, 0) is 67.5 Å². The lowest BCUT2D eigenvalue weighted by Gasteiger charge is -2.19. The molecule has 2 aromatic carbocycles. The first-order valence-corrected chi connectivity index (χ1v) is 10.6. The van der Waals surface area contributed by atoms with E-state index >= 15 is 0 Å². The van der Waals surface area contributed by atoms with Gasteiger partial charge >= 0.3 is 5.97 Å². The normalized spacial score (nSPS) is 16.3. The molecule has 0 bridgehead atoms. The van der Waals surface area contributed by atoms with Crippen molar-refractivity contribution in [2.45, 2.75) is 45.4 Å². The SMILES string of the molecule is CC[C@@H](C(=O)O)[C@H]1CCc2cc(OCCc3nc(-c4ccccc4)oc3C)ccc21. The number of carboxylic acid groups (broad SMARTS) is 1. The first-order valence-electron chi connectivity index (χ1n) is 10.6. The average Bonchev–Trinajstić information content (AvgIpc) is 3.33. The highest BCUT2D eigenvalue weighted by atomic mass is 16.5. The maximum atomic E-state index is 11.6. The van der Waals surface area contributed by atoms with E-state index in [0.717, 1.165) is 41.2 Å². The molecule has 0 fully saturated rings. The Labute approximate surface area is 176 Å². The van der Waals surface area contributed by atoms with Crippen LogP contribution in [0.15, 0.2) is 52.9 Å². The van der Waals surface area contributed by atoms with Gasteiger partial charge in [0.05, 0.1) is 18.2 Å². The molecule has 1 heterocycles. The predicted molar refractivity (Wildman–Crippen MR) is 115 cm³/mol. The average molecular weight is 405 g/mol. The van der Waals surface area contributed by atoms with Crippen molar-refractivity contribution in [1.82, 2.24) is 4.98 Å². The largest absolute Gasteiger partial charge is 0.493 e. The third kappa shape index (κ3) is 4.11. The number of ether oxygens (including phenoxy) is 1. The van der Waals surface area contributed by atoms with Crippen LogP contribution < -0.4 is 4.74 Å². The van der Waals surface area contributed by atoms with Gasteiger partial charge in [-0.15, -0.1) is 0 Å². The summed E-state index contributed by atoms with van der Waals surface area (Å²) in [6.45, 7) is 4.39. The quantitative estimate of drug-likeness (QED) is 0.542. The Morgan fingerprint density at radius 2 is 2.07 bits per heavy atom. The lowest BCUT2D eigenvalue weighted by molar-refractivity contribution is -0.142. The van der Waals surface area contributed by atoms with Crippen LogP contribution in [-0.2, 0) is 17.6 Å². The van der Waals surface area contributed by atoms with E-state index in [9.17, 15) is 9.90 Å². The molecule has 0 unspecified atom stereocenters. The molecule has 0 radical (unpaired) electrons. The van der Waals surface area contributed by atoms with Gasteiger partial charge in [-0.2, -0.15) is 0 Å². The molecule has 5 heteroatoms. The number of carbonyl (C=O) groups is 1. The van der Waals surface area contributed by atoms with E-state index in [-0.39, 0.29) is 11.8 Å². The Morgan fingerprint density at radius 1 is 1.27 bits per heavy atom. The third-order valence-corrected chi connectivity index (χ3v) is 6.00. The van der Waals surface area contributed by atoms with Crippen molar-refractivity contribution < 1.29 is 19.1 Å². The minimum absolute atomic E-state index is 0.103. The minimum atomic E-state index is -0.700. The van der Waals surface area contributed by atoms with Crippen LogP contribution in [0.5, 0.6) is 5.75 Å². The zero-order valence-corrected chi connectivity index (χ0v) is 17.4. The first-order chi connectivity index (χ1) is 14.6. The van der Waals surface area contributed by atoms with Crippen molar-refractivity contribution in [2.75, 3.05) is 6.61 Å². The number of rotatable bonds is 8. The fraction of sp³-hybridized carbons (Fsp3) is 0.360. The number of hydrogen-bond donors (Lipinski definition) is 1. The van der Waals surface area contributed by atoms with Crippen molar-refractivity contribution >= 4 is 5.97 Å². The molecule has 0 amide bonds. The summed E-state index contributed by atoms with van der Waals surface area (Å²) in [5.41, 5.74) is 4.24. The standard InChI is InChI=1S/C25H27NO4/c1-3-20(25(27)28)22-11-9-18-15-19(10-12-21(18)22)29-14-13-23-16(2)30-24(26-23)17-7-5-4-6-8-17/h4-8,10,12,15,20,22H,3,9,11,13-14H2,1-2H3,(H,27,28)/t20-,22-/m1/s1. The molecule has 1 aromatic heterocycles. The van der Waals surface area contributed by atoms with Crippen LogP contribution in [0.4, 0.5) is 0 Å². The van der Waals surface area contributed by atoms with Gasteiger partial charge in [0.25, 0.3) is 0 Å². The number of fused-ring (bicyclic) bond motifs is 1. The molecule has 2 atom stereocenters. The Hall–Kier alpha value is -3.08. The van der Waals surface area contributed by atoms with Gasteiger partial charge in [0.2, 0.25) is 5.89 Å². The highest BCUT2D eigenvalue weighted by molar-refractivity contribution is 5.72. The Kier molecular flexibility index (Phi) is 5.88. The maximum Gasteiger partial charge on any atom is 0.307 e. The van der Waals surface area contributed by atoms with Crippen molar-refractivity contribution in [1.29, 1.82) is 0 Å². The minimum Gasteiger partial charge on any atom is -0.493 e. The fourth-order valence-electron chi connectivity index (χ4n) is 4.40. The highest BCUT2D eigenvalue weighted by Gasteiger charge is 2.33. The number of nitrogens with zero attached hydrogens (tertiary/aromatic N) is 1. The van der Waals surface area contributed by atoms with Crippen LogP contribution in [0, 0.1) is 12.8 Å². The molecular formula is C25H27NO4. The third-order valence-electron chi connectivity index (χ3n) is 6.00. The van der Waals surface area contributed by atoms with Gasteiger partial charge in [0.1, 0.15) is 11.5 Å². The van der Waals surface area contributed by atoms with Crippen molar-refractivity contribution in [3.05, 3.63) is 71.1 Å². The zero-order valence-electron chi connectivity index (χ0n) is 17.4. The number of aromatic nitrogens is 1. The molecule has 1 aliphatic carbocycles. The van der Waals surface area contributed by atoms with Gasteiger partial charge < -0.3 is 14.3 Å². The number of oxazole rings is 1. The van der Waals surface area contributed by atoms with Gasteiger partial charge in [-0.3, -0.25) is 4.79 Å². The number of aryl methyl sites for hydroxylation is 2. The van der Waals surface area contributed by atoms with Crippen LogP contribution >= 0.6 is 0 Å². The number of hydrogen-bond acceptors (Lipinski definition) is 4. The second-order valence-corrected chi connectivity index (χ2v) is 7.85. The summed E-state index contributed by atoms with van der Waals surface area (Å²) in [6.07, 6.45) is 3.12. The second kappa shape index (κ2) is 8.74. The van der Waals surface area contributed by atoms with Crippen LogP contribution in [0.3, 0.4) is 0 Å². The Balaban J connectivity index is 1.39. The second-order valence-electron chi connectivity index (χ2n) is 7.85. The summed E-state index contributed by atoms with van der Waals surface area (Å²) in [6, 6.07) is 15.9. The van der Waals surface area contributed by atoms with E-state index in [1.54, 1.807) is 0 Å². The lowest BCUT2D eigenvalue weighted by atomic mass is 9.85. The molecule has 0 saturated carbocycles. The summed E-state index contributed by atoms with van der Waals surface area (Å²) in [7, 11) is 0. The van der Waals surface area contributed by atoms with Crippen molar-refractivity contribution in [2.24, 2.45) is 5.92 Å². The summed E-state index contributed by atoms with van der Waals surface area (Å²) >= 11 is 0. The smallest absolute Gasteiger partial charge is 0.307 e. The van der Waals surface area contributed by atoms with Crippen molar-refractivity contribution in [3.8, 4) is 17.2 Å². The molecule has 0 saturated heterocycles. The summed E-state index contributed by atoms with van der Waals surface area (Å²) in [5, 5.41) is 9.50. The van der Waals surface area contributed by atoms with Crippen LogP contribution in [-0.4, -0.2) is 22.7 Å². The Morgan fingerprint density at radius 3 is 2.80 bits per heavy atom. The van der Waals surface area contributed by atoms with E-state index in [4.69, 9.17) is 9.15 Å². The molecule has 4 rings (SSSR count). The van der Waals surface area contributed by atoms with Crippen LogP contribution in [0.25, 0.3) is 11.5 Å². The molecule has 0 spiro atoms. The van der Waals surface area contributed by atoms with Gasteiger partial charge in [-0.1, -0.05) is 31.2 Å². The monoisotopic (exact) mass is 405 g/mol. The number of benzene rings is 2. The van der Waals surface area contributed by atoms with Crippen molar-refractivity contribution in [3.63, 3.8) is 0 Å². The summed E-state index contributed by atoms with van der Waals surface area (Å²) < 4.78 is 11.8. The molecular weight excluding hydrogens is 378 g/mol. The molecule has 5 nitrogen and oxygen atoms in total. The summed E-state index contributed by atoms with van der Waals surface area (Å²) in [5.74, 6) is 1.36. The molecule has 3 aromatic rings. The predicted octanol–water partition coefficient (Wildman–Crippen LogP) is 5.41. The first kappa shape index (κ1) is 20.2. The van der Waals surface area contributed by atoms with Crippen LogP contribution in [0.1, 0.15) is 48.3 Å². The highest BCUT2D eigenvalue weighted by Crippen LogP contribution is 2.41. The molecule has 1 N–H and O–H groups in total. The molecule has 0 aliphatic heterocycles. The number of carboxylic acids is 1. The fourth-order valence-corrected chi connectivity index (χ4v) is 4.40. The maximum absolute atomic E-state index is 11.6. The van der Waals surface area contributed by atoms with Gasteiger partial charge in [-0.25, -0.2) is 4.98 Å². The van der Waals surface area contributed by atoms with Gasteiger partial charge in [0, 0.05) is 12.0 Å².